The molecule has 6 nitrogen and oxygen atoms in total. The van der Waals surface area contributed by atoms with E-state index in [2.05, 4.69) is 10.3 Å². The van der Waals surface area contributed by atoms with E-state index in [0.29, 0.717) is 5.02 Å². The third kappa shape index (κ3) is 4.20. The fourth-order valence-electron chi connectivity index (χ4n) is 2.43. The summed E-state index contributed by atoms with van der Waals surface area (Å²) in [5, 5.41) is 13.5. The van der Waals surface area contributed by atoms with Gasteiger partial charge in [0.2, 0.25) is 0 Å². The van der Waals surface area contributed by atoms with Gasteiger partial charge in [0.1, 0.15) is 5.54 Å². The molecule has 1 amide bonds. The Balaban J connectivity index is 2.17. The molecule has 0 aliphatic rings. The molecule has 0 spiro atoms. The van der Waals surface area contributed by atoms with E-state index in [9.17, 15) is 14.7 Å². The van der Waals surface area contributed by atoms with Crippen molar-refractivity contribution in [1.29, 1.82) is 0 Å². The summed E-state index contributed by atoms with van der Waals surface area (Å²) in [6, 6.07) is 5.34. The van der Waals surface area contributed by atoms with Gasteiger partial charge in [0, 0.05) is 28.5 Å². The molecule has 0 bridgehead atoms. The maximum atomic E-state index is 11.9. The van der Waals surface area contributed by atoms with E-state index in [1.54, 1.807) is 18.3 Å². The van der Waals surface area contributed by atoms with E-state index in [1.807, 2.05) is 13.0 Å². The van der Waals surface area contributed by atoms with Crippen LogP contribution in [-0.4, -0.2) is 34.3 Å². The molecule has 0 aliphatic carbocycles. The molecular formula is C17H21ClN2O4. The summed E-state index contributed by atoms with van der Waals surface area (Å²) in [5.41, 5.74) is 0.120. The highest BCUT2D eigenvalue weighted by molar-refractivity contribution is 6.31. The quantitative estimate of drug-likeness (QED) is 0.662. The highest BCUT2D eigenvalue weighted by Gasteiger charge is 2.36. The zero-order chi connectivity index (χ0) is 17.7. The summed E-state index contributed by atoms with van der Waals surface area (Å²) >= 11 is 5.95. The number of aliphatic carboxylic acids is 1. The fourth-order valence-corrected chi connectivity index (χ4v) is 2.60. The summed E-state index contributed by atoms with van der Waals surface area (Å²) in [6.07, 6.45) is 2.75. The number of ether oxygens (including phenoxy) is 1. The van der Waals surface area contributed by atoms with Crippen LogP contribution in [0.3, 0.4) is 0 Å². The lowest BCUT2D eigenvalue weighted by Gasteiger charge is -2.25. The Morgan fingerprint density at radius 1 is 1.42 bits per heavy atom. The molecule has 2 rings (SSSR count). The third-order valence-electron chi connectivity index (χ3n) is 3.85. The van der Waals surface area contributed by atoms with E-state index in [4.69, 9.17) is 16.3 Å². The standard InChI is InChI=1S/C17H21ClN2O4/c1-3-4-7-24-16(23)20-17(2,15(21)22)9-11-10-19-14-8-12(18)5-6-13(11)14/h5-6,8,10,19H,3-4,7,9H2,1-2H3,(H,20,23)(H,21,22). The second-order valence-corrected chi connectivity index (χ2v) is 6.37. The molecule has 0 aliphatic heterocycles. The number of carbonyl (C=O) groups is 2. The van der Waals surface area contributed by atoms with Gasteiger partial charge in [0.15, 0.2) is 0 Å². The van der Waals surface area contributed by atoms with Crippen molar-refractivity contribution in [1.82, 2.24) is 10.3 Å². The van der Waals surface area contributed by atoms with Gasteiger partial charge in [-0.25, -0.2) is 9.59 Å². The smallest absolute Gasteiger partial charge is 0.408 e. The summed E-state index contributed by atoms with van der Waals surface area (Å²) < 4.78 is 5.01. The number of carboxylic acid groups (broad SMARTS) is 1. The predicted octanol–water partition coefficient (Wildman–Crippen LogP) is 3.73. The molecule has 7 heteroatoms. The van der Waals surface area contributed by atoms with Crippen molar-refractivity contribution in [2.45, 2.75) is 38.6 Å². The predicted molar refractivity (Wildman–Crippen MR) is 92.4 cm³/mol. The minimum Gasteiger partial charge on any atom is -0.480 e. The van der Waals surface area contributed by atoms with Gasteiger partial charge in [-0.1, -0.05) is 31.0 Å². The van der Waals surface area contributed by atoms with Crippen molar-refractivity contribution >= 4 is 34.6 Å². The number of aromatic amines is 1. The molecule has 1 aromatic heterocycles. The highest BCUT2D eigenvalue weighted by atomic mass is 35.5. The van der Waals surface area contributed by atoms with Crippen LogP contribution in [0.1, 0.15) is 32.3 Å². The Bertz CT molecular complexity index is 743. The monoisotopic (exact) mass is 352 g/mol. The molecule has 0 radical (unpaired) electrons. The van der Waals surface area contributed by atoms with Gasteiger partial charge in [-0.15, -0.1) is 0 Å². The second kappa shape index (κ2) is 7.57. The zero-order valence-corrected chi connectivity index (χ0v) is 14.4. The van der Waals surface area contributed by atoms with Crippen LogP contribution >= 0.6 is 11.6 Å². The van der Waals surface area contributed by atoms with E-state index in [-0.39, 0.29) is 13.0 Å². The van der Waals surface area contributed by atoms with Gasteiger partial charge in [0.05, 0.1) is 6.61 Å². The second-order valence-electron chi connectivity index (χ2n) is 5.93. The number of hydrogen-bond donors (Lipinski definition) is 3. The number of rotatable bonds is 7. The minimum absolute atomic E-state index is 0.118. The van der Waals surface area contributed by atoms with Gasteiger partial charge in [-0.05, 0) is 31.0 Å². The Labute approximate surface area is 145 Å². The van der Waals surface area contributed by atoms with Gasteiger partial charge in [-0.3, -0.25) is 0 Å². The van der Waals surface area contributed by atoms with Gasteiger partial charge in [-0.2, -0.15) is 0 Å². The topological polar surface area (TPSA) is 91.4 Å². The van der Waals surface area contributed by atoms with Crippen LogP contribution in [-0.2, 0) is 16.0 Å². The van der Waals surface area contributed by atoms with Crippen molar-refractivity contribution < 1.29 is 19.4 Å². The number of unbranched alkanes of at least 4 members (excludes halogenated alkanes) is 1. The number of hydrogen-bond acceptors (Lipinski definition) is 3. The molecule has 130 valence electrons. The van der Waals surface area contributed by atoms with E-state index in [1.165, 1.54) is 6.92 Å². The van der Waals surface area contributed by atoms with Crippen LogP contribution in [0, 0.1) is 0 Å². The SMILES string of the molecule is CCCCOC(=O)NC(C)(Cc1c[nH]c2cc(Cl)ccc12)C(=O)O. The Hall–Kier alpha value is -2.21. The van der Waals surface area contributed by atoms with Crippen LogP contribution in [0.5, 0.6) is 0 Å². The number of alkyl carbamates (subject to hydrolysis) is 1. The van der Waals surface area contributed by atoms with Crippen molar-refractivity contribution in [3.63, 3.8) is 0 Å². The average molecular weight is 353 g/mol. The minimum atomic E-state index is -1.47. The molecule has 0 fully saturated rings. The number of halogens is 1. The Kier molecular flexibility index (Phi) is 5.72. The number of amides is 1. The lowest BCUT2D eigenvalue weighted by Crippen LogP contribution is -2.54. The van der Waals surface area contributed by atoms with Crippen LogP contribution in [0.4, 0.5) is 4.79 Å². The molecule has 1 unspecified atom stereocenters. The van der Waals surface area contributed by atoms with Crippen LogP contribution in [0.15, 0.2) is 24.4 Å². The molecule has 1 heterocycles. The van der Waals surface area contributed by atoms with Crippen LogP contribution < -0.4 is 5.32 Å². The molecule has 0 saturated carbocycles. The number of aromatic nitrogens is 1. The van der Waals surface area contributed by atoms with Crippen molar-refractivity contribution in [2.24, 2.45) is 0 Å². The zero-order valence-electron chi connectivity index (χ0n) is 13.7. The molecule has 24 heavy (non-hydrogen) atoms. The molecule has 0 saturated heterocycles. The Morgan fingerprint density at radius 3 is 2.83 bits per heavy atom. The Morgan fingerprint density at radius 2 is 2.17 bits per heavy atom. The number of fused-ring (bicyclic) bond motifs is 1. The lowest BCUT2D eigenvalue weighted by atomic mass is 9.93. The van der Waals surface area contributed by atoms with E-state index < -0.39 is 17.6 Å². The van der Waals surface area contributed by atoms with Crippen molar-refractivity contribution in [2.75, 3.05) is 6.61 Å². The summed E-state index contributed by atoms with van der Waals surface area (Å²) in [6.45, 7) is 3.71. The lowest BCUT2D eigenvalue weighted by molar-refractivity contribution is -0.143. The van der Waals surface area contributed by atoms with E-state index in [0.717, 1.165) is 29.3 Å². The maximum Gasteiger partial charge on any atom is 0.408 e. The summed E-state index contributed by atoms with van der Waals surface area (Å²) in [5.74, 6) is -1.13. The largest absolute Gasteiger partial charge is 0.480 e. The number of benzene rings is 1. The van der Waals surface area contributed by atoms with Crippen molar-refractivity contribution in [3.05, 3.63) is 35.0 Å². The molecule has 1 atom stereocenters. The van der Waals surface area contributed by atoms with E-state index >= 15 is 0 Å². The van der Waals surface area contributed by atoms with Gasteiger partial charge < -0.3 is 20.1 Å². The first-order valence-electron chi connectivity index (χ1n) is 7.79. The molecule has 1 aromatic carbocycles. The normalized spacial score (nSPS) is 13.5. The van der Waals surface area contributed by atoms with Crippen LogP contribution in [0.25, 0.3) is 10.9 Å². The number of carbonyl (C=O) groups excluding carboxylic acids is 1. The summed E-state index contributed by atoms with van der Waals surface area (Å²) in [4.78, 5) is 26.6. The molecule has 3 N–H and O–H groups in total. The number of carboxylic acids is 1. The first-order valence-corrected chi connectivity index (χ1v) is 8.17. The van der Waals surface area contributed by atoms with Crippen LogP contribution in [0.2, 0.25) is 5.02 Å². The first kappa shape index (κ1) is 18.1. The number of nitrogens with one attached hydrogen (secondary N) is 2. The van der Waals surface area contributed by atoms with Gasteiger partial charge in [0.25, 0.3) is 0 Å². The van der Waals surface area contributed by atoms with Crippen molar-refractivity contribution in [3.8, 4) is 0 Å². The molecule has 2 aromatic rings. The third-order valence-corrected chi connectivity index (χ3v) is 4.09. The fraction of sp³-hybridized carbons (Fsp3) is 0.412. The number of H-pyrrole nitrogens is 1. The average Bonchev–Trinajstić information content (AvgIpc) is 2.89. The maximum absolute atomic E-state index is 11.9. The molecular weight excluding hydrogens is 332 g/mol. The first-order chi connectivity index (χ1) is 11.4. The summed E-state index contributed by atoms with van der Waals surface area (Å²) in [7, 11) is 0. The van der Waals surface area contributed by atoms with Gasteiger partial charge >= 0.3 is 12.1 Å². The highest BCUT2D eigenvalue weighted by Crippen LogP contribution is 2.25.